The second-order valence-corrected chi connectivity index (χ2v) is 7.27. The molecule has 1 saturated carbocycles. The monoisotopic (exact) mass is 338 g/mol. The minimum atomic E-state index is 0.333. The van der Waals surface area contributed by atoms with Gasteiger partial charge in [0.2, 0.25) is 5.91 Å². The second kappa shape index (κ2) is 6.64. The molecule has 0 N–H and O–H groups in total. The molecule has 132 valence electrons. The molecule has 0 radical (unpaired) electrons. The van der Waals surface area contributed by atoms with Crippen molar-refractivity contribution >= 4 is 5.91 Å². The fourth-order valence-corrected chi connectivity index (χ4v) is 3.66. The lowest BCUT2D eigenvalue weighted by Gasteiger charge is -2.35. The minimum Gasteiger partial charge on any atom is -0.340 e. The Labute approximate surface area is 149 Å². The van der Waals surface area contributed by atoms with Gasteiger partial charge in [-0.25, -0.2) is 4.68 Å². The lowest BCUT2D eigenvalue weighted by Crippen LogP contribution is -2.48. The van der Waals surface area contributed by atoms with Crippen molar-refractivity contribution in [2.45, 2.75) is 33.2 Å². The second-order valence-electron chi connectivity index (χ2n) is 7.27. The van der Waals surface area contributed by atoms with Crippen molar-refractivity contribution in [3.63, 3.8) is 0 Å². The van der Waals surface area contributed by atoms with Crippen molar-refractivity contribution < 1.29 is 4.79 Å². The average molecular weight is 338 g/mol. The van der Waals surface area contributed by atoms with Gasteiger partial charge >= 0.3 is 0 Å². The van der Waals surface area contributed by atoms with Crippen LogP contribution in [0, 0.1) is 19.8 Å². The van der Waals surface area contributed by atoms with E-state index in [9.17, 15) is 4.79 Å². The summed E-state index contributed by atoms with van der Waals surface area (Å²) in [5, 5.41) is 4.75. The fraction of sp³-hybridized carbons (Fsp3) is 0.500. The summed E-state index contributed by atoms with van der Waals surface area (Å²) in [6.07, 6.45) is 2.19. The number of aryl methyl sites for hydroxylation is 1. The molecule has 5 heteroatoms. The Morgan fingerprint density at radius 1 is 1.08 bits per heavy atom. The van der Waals surface area contributed by atoms with Gasteiger partial charge in [-0.1, -0.05) is 18.2 Å². The van der Waals surface area contributed by atoms with E-state index >= 15 is 0 Å². The quantitative estimate of drug-likeness (QED) is 0.860. The topological polar surface area (TPSA) is 41.4 Å². The van der Waals surface area contributed by atoms with Gasteiger partial charge < -0.3 is 4.90 Å². The number of nitrogens with zero attached hydrogens (tertiary/aromatic N) is 4. The number of rotatable bonds is 4. The van der Waals surface area contributed by atoms with Crippen molar-refractivity contribution in [1.29, 1.82) is 0 Å². The van der Waals surface area contributed by atoms with Crippen LogP contribution in [0.5, 0.6) is 0 Å². The summed E-state index contributed by atoms with van der Waals surface area (Å²) in [5.74, 6) is 0.712. The van der Waals surface area contributed by atoms with Crippen LogP contribution in [0.25, 0.3) is 5.69 Å². The number of benzene rings is 1. The first-order chi connectivity index (χ1) is 12.1. The van der Waals surface area contributed by atoms with Crippen molar-refractivity contribution in [3.8, 4) is 5.69 Å². The van der Waals surface area contributed by atoms with E-state index in [2.05, 4.69) is 35.8 Å². The van der Waals surface area contributed by atoms with Crippen LogP contribution in [-0.2, 0) is 11.3 Å². The van der Waals surface area contributed by atoms with E-state index in [0.29, 0.717) is 11.8 Å². The highest BCUT2D eigenvalue weighted by molar-refractivity contribution is 5.81. The molecule has 1 aliphatic carbocycles. The number of carbonyl (C=O) groups excluding carboxylic acids is 1. The summed E-state index contributed by atoms with van der Waals surface area (Å²) in [6.45, 7) is 8.78. The zero-order chi connectivity index (χ0) is 17.4. The number of aromatic nitrogens is 2. The van der Waals surface area contributed by atoms with E-state index in [1.54, 1.807) is 0 Å². The lowest BCUT2D eigenvalue weighted by molar-refractivity contribution is -0.134. The third-order valence-electron chi connectivity index (χ3n) is 5.43. The lowest BCUT2D eigenvalue weighted by atomic mass is 10.1. The number of hydrogen-bond donors (Lipinski definition) is 0. The van der Waals surface area contributed by atoms with E-state index in [0.717, 1.165) is 56.9 Å². The molecule has 4 rings (SSSR count). The Kier molecular flexibility index (Phi) is 4.34. The third kappa shape index (κ3) is 3.33. The van der Waals surface area contributed by atoms with Crippen LogP contribution in [0.2, 0.25) is 0 Å². The van der Waals surface area contributed by atoms with Crippen molar-refractivity contribution in [2.75, 3.05) is 26.2 Å². The zero-order valence-electron chi connectivity index (χ0n) is 15.1. The maximum absolute atomic E-state index is 12.2. The van der Waals surface area contributed by atoms with Crippen LogP contribution in [0.3, 0.4) is 0 Å². The first kappa shape index (κ1) is 16.3. The molecule has 5 nitrogen and oxygen atoms in total. The number of amides is 1. The molecule has 0 unspecified atom stereocenters. The number of carbonyl (C=O) groups is 1. The molecule has 25 heavy (non-hydrogen) atoms. The zero-order valence-corrected chi connectivity index (χ0v) is 15.1. The first-order valence-electron chi connectivity index (χ1n) is 9.25. The molecule has 2 aliphatic rings. The molecule has 2 fully saturated rings. The third-order valence-corrected chi connectivity index (χ3v) is 5.43. The number of piperazine rings is 1. The summed E-state index contributed by atoms with van der Waals surface area (Å²) in [7, 11) is 0. The predicted molar refractivity (Wildman–Crippen MR) is 97.6 cm³/mol. The molecular weight excluding hydrogens is 312 g/mol. The van der Waals surface area contributed by atoms with Crippen molar-refractivity contribution in [1.82, 2.24) is 19.6 Å². The molecule has 1 saturated heterocycles. The van der Waals surface area contributed by atoms with E-state index in [4.69, 9.17) is 5.10 Å². The average Bonchev–Trinajstić information content (AvgIpc) is 3.45. The summed E-state index contributed by atoms with van der Waals surface area (Å²) in [6, 6.07) is 10.3. The van der Waals surface area contributed by atoms with Crippen LogP contribution in [0.1, 0.15) is 29.8 Å². The number of para-hydroxylation sites is 1. The van der Waals surface area contributed by atoms with Crippen LogP contribution >= 0.6 is 0 Å². The maximum Gasteiger partial charge on any atom is 0.225 e. The van der Waals surface area contributed by atoms with Gasteiger partial charge in [-0.15, -0.1) is 0 Å². The summed E-state index contributed by atoms with van der Waals surface area (Å²) < 4.78 is 2.04. The molecule has 0 bridgehead atoms. The van der Waals surface area contributed by atoms with Crippen LogP contribution in [0.15, 0.2) is 30.3 Å². The molecule has 0 atom stereocenters. The van der Waals surface area contributed by atoms with Gasteiger partial charge in [0.15, 0.2) is 0 Å². The van der Waals surface area contributed by atoms with Gasteiger partial charge in [0, 0.05) is 49.9 Å². The Hall–Kier alpha value is -2.14. The van der Waals surface area contributed by atoms with Gasteiger partial charge in [0.1, 0.15) is 0 Å². The van der Waals surface area contributed by atoms with Crippen LogP contribution < -0.4 is 0 Å². The van der Waals surface area contributed by atoms with Crippen LogP contribution in [0.4, 0.5) is 0 Å². The maximum atomic E-state index is 12.2. The SMILES string of the molecule is Cc1nn(-c2ccccc2)c(C)c1CN1CCN(C(=O)C2CC2)CC1. The van der Waals surface area contributed by atoms with Gasteiger partial charge in [0.25, 0.3) is 0 Å². The van der Waals surface area contributed by atoms with Crippen molar-refractivity contribution in [3.05, 3.63) is 47.3 Å². The first-order valence-corrected chi connectivity index (χ1v) is 9.25. The summed E-state index contributed by atoms with van der Waals surface area (Å²) in [5.41, 5.74) is 4.72. The fourth-order valence-electron chi connectivity index (χ4n) is 3.66. The molecule has 1 aliphatic heterocycles. The van der Waals surface area contributed by atoms with Crippen molar-refractivity contribution in [2.24, 2.45) is 5.92 Å². The Morgan fingerprint density at radius 3 is 2.40 bits per heavy atom. The largest absolute Gasteiger partial charge is 0.340 e. The highest BCUT2D eigenvalue weighted by Crippen LogP contribution is 2.31. The van der Waals surface area contributed by atoms with E-state index in [1.165, 1.54) is 11.3 Å². The smallest absolute Gasteiger partial charge is 0.225 e. The van der Waals surface area contributed by atoms with Gasteiger partial charge in [-0.2, -0.15) is 5.10 Å². The number of hydrogen-bond acceptors (Lipinski definition) is 3. The summed E-state index contributed by atoms with van der Waals surface area (Å²) in [4.78, 5) is 16.7. The van der Waals surface area contributed by atoms with Gasteiger partial charge in [0.05, 0.1) is 11.4 Å². The molecule has 2 heterocycles. The normalized spacial score (nSPS) is 18.6. The van der Waals surface area contributed by atoms with E-state index in [1.807, 2.05) is 22.9 Å². The highest BCUT2D eigenvalue weighted by Gasteiger charge is 2.34. The van der Waals surface area contributed by atoms with E-state index in [-0.39, 0.29) is 0 Å². The molecule has 0 spiro atoms. The van der Waals surface area contributed by atoms with E-state index < -0.39 is 0 Å². The Morgan fingerprint density at radius 2 is 1.76 bits per heavy atom. The van der Waals surface area contributed by atoms with Crippen LogP contribution in [-0.4, -0.2) is 51.7 Å². The molecule has 1 amide bonds. The summed E-state index contributed by atoms with van der Waals surface area (Å²) >= 11 is 0. The molecule has 1 aromatic carbocycles. The Bertz CT molecular complexity index is 756. The molecular formula is C20H26N4O. The van der Waals surface area contributed by atoms with Gasteiger partial charge in [-0.3, -0.25) is 9.69 Å². The minimum absolute atomic E-state index is 0.333. The molecule has 2 aromatic rings. The highest BCUT2D eigenvalue weighted by atomic mass is 16.2. The van der Waals surface area contributed by atoms with Gasteiger partial charge in [-0.05, 0) is 38.8 Å². The standard InChI is InChI=1S/C20H26N4O/c1-15-19(16(2)24(21-15)18-6-4-3-5-7-18)14-22-10-12-23(13-11-22)20(25)17-8-9-17/h3-7,17H,8-14H2,1-2H3. The Balaban J connectivity index is 1.43. The predicted octanol–water partition coefficient (Wildman–Crippen LogP) is 2.54. The molecule has 1 aromatic heterocycles.